The number of aryl methyl sites for hydroxylation is 2. The zero-order valence-corrected chi connectivity index (χ0v) is 17.8. The van der Waals surface area contributed by atoms with Gasteiger partial charge in [-0.25, -0.2) is 0 Å². The molecule has 0 radical (unpaired) electrons. The fourth-order valence-electron chi connectivity index (χ4n) is 3.49. The summed E-state index contributed by atoms with van der Waals surface area (Å²) in [6.07, 6.45) is 0. The highest BCUT2D eigenvalue weighted by Crippen LogP contribution is 2.48. The van der Waals surface area contributed by atoms with Crippen LogP contribution in [0, 0.1) is 18.5 Å². The summed E-state index contributed by atoms with van der Waals surface area (Å²) >= 11 is 11.2. The second-order valence-corrected chi connectivity index (χ2v) is 9.38. The van der Waals surface area contributed by atoms with Crippen LogP contribution in [0.5, 0.6) is 0 Å². The lowest BCUT2D eigenvalue weighted by atomic mass is 9.87. The van der Waals surface area contributed by atoms with Gasteiger partial charge in [-0.1, -0.05) is 51.3 Å². The normalized spacial score (nSPS) is 14.6. The molecule has 0 amide bonds. The van der Waals surface area contributed by atoms with Crippen molar-refractivity contribution < 1.29 is 0 Å². The second-order valence-electron chi connectivity index (χ2n) is 7.13. The molecular weight excluding hydrogens is 412 g/mol. The van der Waals surface area contributed by atoms with E-state index in [0.29, 0.717) is 0 Å². The Morgan fingerprint density at radius 3 is 2.48 bits per heavy atom. The van der Waals surface area contributed by atoms with E-state index in [1.807, 2.05) is 0 Å². The molecule has 0 bridgehead atoms. The Morgan fingerprint density at radius 1 is 1.12 bits per heavy atom. The van der Waals surface area contributed by atoms with Crippen LogP contribution in [0.1, 0.15) is 29.9 Å². The van der Waals surface area contributed by atoms with Crippen molar-refractivity contribution >= 4 is 45.4 Å². The van der Waals surface area contributed by atoms with E-state index >= 15 is 0 Å². The third kappa shape index (κ3) is 2.69. The summed E-state index contributed by atoms with van der Waals surface area (Å²) in [5.74, 6) is 0. The van der Waals surface area contributed by atoms with E-state index in [1.54, 1.807) is 11.5 Å². The average Bonchev–Trinajstić information content (AvgIpc) is 2.89. The maximum atomic E-state index is 5.93. The van der Waals surface area contributed by atoms with Crippen LogP contribution in [-0.2, 0) is 5.54 Å². The van der Waals surface area contributed by atoms with Crippen molar-refractivity contribution in [2.24, 2.45) is 0 Å². The lowest BCUT2D eigenvalue weighted by Gasteiger charge is -2.34. The fraction of sp³-hybridized carbons (Fsp3) is 0.250. The van der Waals surface area contributed by atoms with Gasteiger partial charge in [-0.2, -0.15) is 0 Å². The Balaban J connectivity index is 2.03. The molecule has 1 aliphatic rings. The van der Waals surface area contributed by atoms with Crippen LogP contribution in [0.2, 0.25) is 0 Å². The van der Waals surface area contributed by atoms with Crippen LogP contribution in [0.3, 0.4) is 0 Å². The molecule has 1 N–H and O–H groups in total. The van der Waals surface area contributed by atoms with Gasteiger partial charge >= 0.3 is 0 Å². The van der Waals surface area contributed by atoms with Gasteiger partial charge in [0, 0.05) is 21.3 Å². The molecule has 128 valence electrons. The maximum Gasteiger partial charge on any atom is 0.129 e. The molecule has 0 fully saturated rings. The Kier molecular flexibility index (Phi) is 3.94. The molecule has 0 atom stereocenters. The maximum absolute atomic E-state index is 5.93. The summed E-state index contributed by atoms with van der Waals surface area (Å²) < 4.78 is 4.13. The minimum Gasteiger partial charge on any atom is -0.374 e. The fourth-order valence-corrected chi connectivity index (χ4v) is 5.41. The molecule has 0 saturated carbocycles. The predicted octanol–water partition coefficient (Wildman–Crippen LogP) is 6.98. The van der Waals surface area contributed by atoms with E-state index in [0.717, 1.165) is 14.8 Å². The number of hydrogen-bond acceptors (Lipinski definition) is 3. The number of fused-ring (bicyclic) bond motifs is 3. The molecule has 5 heteroatoms. The van der Waals surface area contributed by atoms with Crippen molar-refractivity contribution in [2.45, 2.75) is 33.2 Å². The summed E-state index contributed by atoms with van der Waals surface area (Å²) in [6.45, 7) is 8.76. The first-order valence-corrected chi connectivity index (χ1v) is 10.2. The van der Waals surface area contributed by atoms with Crippen molar-refractivity contribution in [2.75, 3.05) is 5.32 Å². The quantitative estimate of drug-likeness (QED) is 0.419. The monoisotopic (exact) mass is 430 g/mol. The molecule has 25 heavy (non-hydrogen) atoms. The number of hydrogen-bond donors (Lipinski definition) is 1. The summed E-state index contributed by atoms with van der Waals surface area (Å²) in [4.78, 5) is 1.29. The Bertz CT molecular complexity index is 1040. The van der Waals surface area contributed by atoms with Crippen LogP contribution >= 0.6 is 39.7 Å². The summed E-state index contributed by atoms with van der Waals surface area (Å²) in [7, 11) is 0. The number of nitrogens with one attached hydrogen (secondary N) is 1. The highest BCUT2D eigenvalue weighted by Gasteiger charge is 2.35. The molecule has 1 aromatic heterocycles. The van der Waals surface area contributed by atoms with E-state index < -0.39 is 0 Å². The van der Waals surface area contributed by atoms with Gasteiger partial charge < -0.3 is 5.32 Å². The van der Waals surface area contributed by atoms with Crippen molar-refractivity contribution in [3.8, 4) is 16.8 Å². The Hall–Kier alpha value is -1.43. The zero-order chi connectivity index (χ0) is 17.9. The van der Waals surface area contributed by atoms with Gasteiger partial charge in [0.2, 0.25) is 0 Å². The number of rotatable bonds is 1. The predicted molar refractivity (Wildman–Crippen MR) is 114 cm³/mol. The minimum absolute atomic E-state index is 0.152. The minimum atomic E-state index is -0.152. The number of halogens is 1. The van der Waals surface area contributed by atoms with Gasteiger partial charge in [-0.05, 0) is 63.6 Å². The van der Waals surface area contributed by atoms with Crippen molar-refractivity contribution in [3.05, 3.63) is 61.5 Å². The van der Waals surface area contributed by atoms with Gasteiger partial charge in [0.15, 0.2) is 0 Å². The van der Waals surface area contributed by atoms with E-state index in [9.17, 15) is 0 Å². The molecule has 3 aromatic rings. The summed E-state index contributed by atoms with van der Waals surface area (Å²) in [6, 6.07) is 12.8. The highest BCUT2D eigenvalue weighted by atomic mass is 79.9. The molecule has 0 spiro atoms. The van der Waals surface area contributed by atoms with E-state index in [2.05, 4.69) is 89.3 Å². The summed E-state index contributed by atoms with van der Waals surface area (Å²) in [5.41, 5.74) is 7.12. The largest absolute Gasteiger partial charge is 0.374 e. The summed E-state index contributed by atoms with van der Waals surface area (Å²) in [5, 5.41) is 3.73. The number of nitrogens with zero attached hydrogens (tertiary/aromatic N) is 1. The topological polar surface area (TPSA) is 17.0 Å². The van der Waals surface area contributed by atoms with Crippen LogP contribution < -0.4 is 5.32 Å². The molecule has 2 heterocycles. The van der Waals surface area contributed by atoms with Gasteiger partial charge in [-0.15, -0.1) is 0 Å². The second kappa shape index (κ2) is 5.79. The molecular formula is C20H19BrN2S2. The zero-order valence-electron chi connectivity index (χ0n) is 14.6. The number of aromatic nitrogens is 1. The lowest BCUT2D eigenvalue weighted by molar-refractivity contribution is 0.619. The molecule has 2 nitrogen and oxygen atoms in total. The average molecular weight is 431 g/mol. The molecule has 0 aliphatic carbocycles. The molecule has 1 aliphatic heterocycles. The van der Waals surface area contributed by atoms with E-state index in [1.165, 1.54) is 32.8 Å². The third-order valence-corrected chi connectivity index (χ3v) is 7.13. The molecule has 0 saturated heterocycles. The van der Waals surface area contributed by atoms with Crippen LogP contribution in [0.4, 0.5) is 5.69 Å². The standard InChI is InChI=1S/C20H19BrN2S2/c1-11-9-12(2)17-15(10-11)16-18(20(3,4)22-17)25-23(19(16)24)14-7-5-13(21)6-8-14/h5-10,22H,1-4H3. The van der Waals surface area contributed by atoms with Crippen molar-refractivity contribution in [3.63, 3.8) is 0 Å². The Morgan fingerprint density at radius 2 is 1.80 bits per heavy atom. The number of anilines is 1. The first kappa shape index (κ1) is 17.0. The molecule has 0 unspecified atom stereocenters. The first-order chi connectivity index (χ1) is 11.8. The van der Waals surface area contributed by atoms with Gasteiger partial charge in [0.25, 0.3) is 0 Å². The third-order valence-electron chi connectivity index (χ3n) is 4.62. The Labute approximate surface area is 165 Å². The highest BCUT2D eigenvalue weighted by molar-refractivity contribution is 9.10. The van der Waals surface area contributed by atoms with E-state index in [4.69, 9.17) is 12.2 Å². The van der Waals surface area contributed by atoms with Gasteiger partial charge in [-0.3, -0.25) is 3.96 Å². The van der Waals surface area contributed by atoms with Crippen LogP contribution in [0.25, 0.3) is 16.8 Å². The van der Waals surface area contributed by atoms with Gasteiger partial charge in [0.1, 0.15) is 4.64 Å². The molecule has 4 rings (SSSR count). The number of benzene rings is 2. The molecule has 2 aromatic carbocycles. The van der Waals surface area contributed by atoms with Crippen molar-refractivity contribution in [1.29, 1.82) is 0 Å². The first-order valence-electron chi connectivity index (χ1n) is 8.20. The van der Waals surface area contributed by atoms with E-state index in [-0.39, 0.29) is 5.54 Å². The van der Waals surface area contributed by atoms with Crippen LogP contribution in [0.15, 0.2) is 40.9 Å². The van der Waals surface area contributed by atoms with Crippen LogP contribution in [-0.4, -0.2) is 3.96 Å². The SMILES string of the molecule is Cc1cc(C)c2c(c1)-c1c(sn(-c3ccc(Br)cc3)c1=S)C(C)(C)N2. The smallest absolute Gasteiger partial charge is 0.129 e. The lowest BCUT2D eigenvalue weighted by Crippen LogP contribution is -2.31. The van der Waals surface area contributed by atoms with Crippen molar-refractivity contribution in [1.82, 2.24) is 3.96 Å². The van der Waals surface area contributed by atoms with Gasteiger partial charge in [0.05, 0.1) is 16.1 Å².